The molecule has 2 saturated heterocycles. The fraction of sp³-hybridized carbons (Fsp3) is 0.810. The van der Waals surface area contributed by atoms with Crippen LogP contribution in [-0.4, -0.2) is 107 Å². The smallest absolute Gasteiger partial charge is 0.312 e. The number of esters is 2. The number of carbonyl (C=O) groups is 2. The summed E-state index contributed by atoms with van der Waals surface area (Å²) in [6.07, 6.45) is 17.9. The van der Waals surface area contributed by atoms with E-state index in [2.05, 4.69) is 75.7 Å². The number of ether oxygens (including phenoxy) is 2. The zero-order valence-electron chi connectivity index (χ0n) is 34.3. The first-order valence-corrected chi connectivity index (χ1v) is 21.3. The van der Waals surface area contributed by atoms with Crippen LogP contribution in [0.3, 0.4) is 0 Å². The highest BCUT2D eigenvalue weighted by Gasteiger charge is 2.57. The maximum absolute atomic E-state index is 13.5. The van der Waals surface area contributed by atoms with Crippen LogP contribution < -0.4 is 10.6 Å². The number of H-pyrrole nitrogens is 2. The van der Waals surface area contributed by atoms with Crippen molar-refractivity contribution in [3.05, 3.63) is 34.9 Å². The van der Waals surface area contributed by atoms with Crippen LogP contribution in [-0.2, 0) is 32.2 Å². The lowest BCUT2D eigenvalue weighted by Gasteiger charge is -2.36. The molecule has 12 heteroatoms. The van der Waals surface area contributed by atoms with E-state index < -0.39 is 0 Å². The molecule has 0 bridgehead atoms. The Labute approximate surface area is 324 Å². The molecule has 6 rings (SSSR count). The van der Waals surface area contributed by atoms with Gasteiger partial charge in [0.1, 0.15) is 11.2 Å². The molecule has 1 unspecified atom stereocenters. The summed E-state index contributed by atoms with van der Waals surface area (Å²) in [5, 5.41) is 22.4. The number of hydrogen-bond donors (Lipinski definition) is 4. The lowest BCUT2D eigenvalue weighted by molar-refractivity contribution is -0.157. The van der Waals surface area contributed by atoms with E-state index in [-0.39, 0.29) is 34.0 Å². The molecule has 0 radical (unpaired) electrons. The number of hydrogen-bond acceptors (Lipinski definition) is 10. The second kappa shape index (κ2) is 17.6. The van der Waals surface area contributed by atoms with Gasteiger partial charge in [0.15, 0.2) is 0 Å². The highest BCUT2D eigenvalue weighted by atomic mass is 16.6. The van der Waals surface area contributed by atoms with Gasteiger partial charge < -0.3 is 29.9 Å². The zero-order valence-corrected chi connectivity index (χ0v) is 34.3. The summed E-state index contributed by atoms with van der Waals surface area (Å²) < 4.78 is 12.4. The van der Waals surface area contributed by atoms with E-state index in [0.29, 0.717) is 11.8 Å². The number of aromatic nitrogens is 4. The largest absolute Gasteiger partial charge is 0.459 e. The molecule has 2 aromatic heterocycles. The lowest BCUT2D eigenvalue weighted by atomic mass is 9.69. The number of aromatic amines is 2. The minimum Gasteiger partial charge on any atom is -0.459 e. The van der Waals surface area contributed by atoms with Crippen LogP contribution >= 0.6 is 0 Å². The van der Waals surface area contributed by atoms with E-state index in [1.165, 1.54) is 22.5 Å². The molecule has 4 N–H and O–H groups in total. The maximum atomic E-state index is 13.5. The van der Waals surface area contributed by atoms with Gasteiger partial charge in [0, 0.05) is 86.5 Å². The van der Waals surface area contributed by atoms with Gasteiger partial charge in [0.25, 0.3) is 0 Å². The Morgan fingerprint density at radius 3 is 1.65 bits per heavy atom. The molecule has 0 aromatic carbocycles. The highest BCUT2D eigenvalue weighted by Crippen LogP contribution is 2.55. The quantitative estimate of drug-likeness (QED) is 0.0973. The molecule has 1 atom stereocenters. The minimum absolute atomic E-state index is 0.0244. The van der Waals surface area contributed by atoms with Crippen molar-refractivity contribution in [2.45, 2.75) is 153 Å². The number of rotatable bonds is 19. The lowest BCUT2D eigenvalue weighted by Crippen LogP contribution is -2.35. The van der Waals surface area contributed by atoms with Gasteiger partial charge >= 0.3 is 11.9 Å². The Balaban J connectivity index is 0.901. The molecule has 54 heavy (non-hydrogen) atoms. The average molecular weight is 751 g/mol. The fourth-order valence-corrected chi connectivity index (χ4v) is 10.5. The summed E-state index contributed by atoms with van der Waals surface area (Å²) in [5.74, 6) is 0.912. The van der Waals surface area contributed by atoms with Crippen molar-refractivity contribution >= 4 is 11.9 Å². The number of carbonyl (C=O) groups excluding carboxylic acids is 2. The van der Waals surface area contributed by atoms with Gasteiger partial charge in [-0.05, 0) is 111 Å². The highest BCUT2D eigenvalue weighted by molar-refractivity contribution is 5.80. The van der Waals surface area contributed by atoms with E-state index in [1.807, 2.05) is 19.4 Å². The normalized spacial score (nSPS) is 29.6. The first kappa shape index (κ1) is 40.9. The third-order valence-electron chi connectivity index (χ3n) is 14.3. The van der Waals surface area contributed by atoms with Crippen molar-refractivity contribution in [3.63, 3.8) is 0 Å². The molecule has 12 nitrogen and oxygen atoms in total. The van der Waals surface area contributed by atoms with Gasteiger partial charge in [-0.25, -0.2) is 0 Å². The van der Waals surface area contributed by atoms with Crippen LogP contribution in [0.25, 0.3) is 0 Å². The van der Waals surface area contributed by atoms with Crippen LogP contribution in [0.1, 0.15) is 151 Å². The number of nitrogens with one attached hydrogen (secondary N) is 4. The number of nitrogens with zero attached hydrogens (tertiary/aromatic N) is 4. The predicted octanol–water partition coefficient (Wildman–Crippen LogP) is 6.18. The molecule has 2 aliphatic carbocycles. The summed E-state index contributed by atoms with van der Waals surface area (Å²) in [6, 6.07) is 0. The van der Waals surface area contributed by atoms with E-state index >= 15 is 0 Å². The molecule has 4 aliphatic rings. The summed E-state index contributed by atoms with van der Waals surface area (Å²) in [7, 11) is 6.32. The van der Waals surface area contributed by atoms with Gasteiger partial charge in [-0.1, -0.05) is 20.8 Å². The van der Waals surface area contributed by atoms with Crippen molar-refractivity contribution in [2.24, 2.45) is 10.8 Å². The Morgan fingerprint density at radius 1 is 0.722 bits per heavy atom. The molecule has 0 amide bonds. The molecular weight excluding hydrogens is 681 g/mol. The first-order chi connectivity index (χ1) is 26.0. The first-order valence-electron chi connectivity index (χ1n) is 21.3. The molecular formula is C42H70N8O4. The van der Waals surface area contributed by atoms with E-state index in [4.69, 9.17) is 9.47 Å². The van der Waals surface area contributed by atoms with Crippen molar-refractivity contribution < 1.29 is 19.1 Å². The summed E-state index contributed by atoms with van der Waals surface area (Å²) in [6.45, 7) is 12.8. The van der Waals surface area contributed by atoms with Crippen LogP contribution in [0.2, 0.25) is 0 Å². The summed E-state index contributed by atoms with van der Waals surface area (Å²) in [5.41, 5.74) is 3.83. The molecule has 2 aromatic rings. The Morgan fingerprint density at radius 2 is 1.19 bits per heavy atom. The van der Waals surface area contributed by atoms with Gasteiger partial charge in [-0.3, -0.25) is 19.8 Å². The maximum Gasteiger partial charge on any atom is 0.312 e. The summed E-state index contributed by atoms with van der Waals surface area (Å²) >= 11 is 0. The zero-order chi connectivity index (χ0) is 38.4. The van der Waals surface area contributed by atoms with Gasteiger partial charge in [-0.2, -0.15) is 10.2 Å². The Bertz CT molecular complexity index is 1520. The molecule has 4 heterocycles. The molecule has 302 valence electrons. The minimum atomic E-state index is -0.370. The average Bonchev–Trinajstić information content (AvgIpc) is 3.95. The van der Waals surface area contributed by atoms with Crippen LogP contribution in [0, 0.1) is 10.8 Å². The third-order valence-corrected chi connectivity index (χ3v) is 14.3. The topological polar surface area (TPSA) is 140 Å². The molecule has 2 spiro atoms. The Hall–Kier alpha value is -2.80. The van der Waals surface area contributed by atoms with Gasteiger partial charge in [0.2, 0.25) is 0 Å². The van der Waals surface area contributed by atoms with Crippen molar-refractivity contribution in [1.82, 2.24) is 40.8 Å². The third kappa shape index (κ3) is 8.76. The van der Waals surface area contributed by atoms with E-state index in [1.54, 1.807) is 0 Å². The van der Waals surface area contributed by atoms with Crippen LogP contribution in [0.5, 0.6) is 0 Å². The predicted molar refractivity (Wildman–Crippen MR) is 211 cm³/mol. The van der Waals surface area contributed by atoms with E-state index in [9.17, 15) is 9.59 Å². The van der Waals surface area contributed by atoms with Crippen molar-refractivity contribution in [3.8, 4) is 0 Å². The Kier molecular flexibility index (Phi) is 13.3. The van der Waals surface area contributed by atoms with Gasteiger partial charge in [0.05, 0.1) is 23.2 Å². The fourth-order valence-electron chi connectivity index (χ4n) is 10.5. The standard InChI is InChI=1S/C42H70N8O4/c1-7-39(8-2)29-41(53-37(39)51)16-11-31(12-17-41)36-34(26-46-48-36)28-50(6)24-22-44-20-10-15-40(9-3)30-42(54-38(40)52)18-13-32(14-19-42)35-33(25-45-47-35)27-49(5)23-21-43-4/h25-26,31-32,43-44H,7-24,27-30H2,1-6H3,(H,45,47)(H,46,48). The monoisotopic (exact) mass is 751 g/mol. The number of likely N-dealkylation sites (N-methyl/N-ethyl adjacent to an activating group) is 3. The molecule has 2 saturated carbocycles. The van der Waals surface area contributed by atoms with Gasteiger partial charge in [-0.15, -0.1) is 0 Å². The second-order valence-corrected chi connectivity index (χ2v) is 17.7. The molecule has 2 aliphatic heterocycles. The summed E-state index contributed by atoms with van der Waals surface area (Å²) in [4.78, 5) is 31.0. The van der Waals surface area contributed by atoms with Crippen LogP contribution in [0.15, 0.2) is 12.4 Å². The second-order valence-electron chi connectivity index (χ2n) is 17.7. The van der Waals surface area contributed by atoms with E-state index in [0.717, 1.165) is 142 Å². The van der Waals surface area contributed by atoms with Crippen LogP contribution in [0.4, 0.5) is 0 Å². The van der Waals surface area contributed by atoms with Crippen molar-refractivity contribution in [1.29, 1.82) is 0 Å². The molecule has 4 fully saturated rings. The van der Waals surface area contributed by atoms with Crippen molar-refractivity contribution in [2.75, 3.05) is 53.9 Å². The SMILES string of the molecule is CCC1(CC)CC2(CCC(c3[nH]ncc3CN(C)CCNCCCC3(CC)CC4(CCC(c5[nH]ncc5CN(C)CCNC)CC4)OC3=O)CC2)OC1=O.